The maximum absolute atomic E-state index is 12.8. The summed E-state index contributed by atoms with van der Waals surface area (Å²) in [6.45, 7) is 0. The molecule has 2 aromatic rings. The Morgan fingerprint density at radius 1 is 0.958 bits per heavy atom. The fourth-order valence-electron chi connectivity index (χ4n) is 2.03. The van der Waals surface area contributed by atoms with Gasteiger partial charge in [-0.25, -0.2) is 4.39 Å². The summed E-state index contributed by atoms with van der Waals surface area (Å²) in [6, 6.07) is 11.6. The largest absolute Gasteiger partial charge is 0.481 e. The lowest BCUT2D eigenvalue weighted by Gasteiger charge is -2.07. The van der Waals surface area contributed by atoms with Crippen LogP contribution in [-0.2, 0) is 4.79 Å². The number of hydrogen-bond donors (Lipinski definition) is 3. The molecule has 0 saturated carbocycles. The Morgan fingerprint density at radius 2 is 1.54 bits per heavy atom. The zero-order valence-corrected chi connectivity index (χ0v) is 12.6. The number of carboxylic acid groups (broad SMARTS) is 1. The quantitative estimate of drug-likeness (QED) is 0.430. The highest BCUT2D eigenvalue weighted by Crippen LogP contribution is 2.14. The molecule has 2 aromatic carbocycles. The van der Waals surface area contributed by atoms with Crippen LogP contribution in [0, 0.1) is 5.82 Å². The van der Waals surface area contributed by atoms with Gasteiger partial charge in [-0.1, -0.05) is 17.3 Å². The number of halogens is 1. The maximum Gasteiger partial charge on any atom is 0.303 e. The van der Waals surface area contributed by atoms with Gasteiger partial charge >= 0.3 is 5.97 Å². The predicted octanol–water partition coefficient (Wildman–Crippen LogP) is 3.12. The number of benzene rings is 2. The molecule has 24 heavy (non-hydrogen) atoms. The van der Waals surface area contributed by atoms with E-state index < -0.39 is 11.8 Å². The number of carboxylic acids is 1. The van der Waals surface area contributed by atoms with Crippen molar-refractivity contribution in [1.29, 1.82) is 0 Å². The first-order valence-corrected chi connectivity index (χ1v) is 7.09. The predicted molar refractivity (Wildman–Crippen MR) is 86.0 cm³/mol. The van der Waals surface area contributed by atoms with E-state index in [1.54, 1.807) is 24.3 Å². The van der Waals surface area contributed by atoms with Crippen LogP contribution in [0.2, 0.25) is 0 Å². The molecule has 124 valence electrons. The van der Waals surface area contributed by atoms with Gasteiger partial charge in [-0.3, -0.25) is 9.59 Å². The van der Waals surface area contributed by atoms with Crippen LogP contribution in [-0.4, -0.2) is 27.9 Å². The van der Waals surface area contributed by atoms with Gasteiger partial charge in [0.05, 0.1) is 12.1 Å². The molecule has 0 unspecified atom stereocenters. The Labute approximate surface area is 137 Å². The molecule has 0 aliphatic rings. The van der Waals surface area contributed by atoms with Gasteiger partial charge in [0.15, 0.2) is 0 Å². The average molecular weight is 330 g/mol. The minimum absolute atomic E-state index is 0.0904. The summed E-state index contributed by atoms with van der Waals surface area (Å²) >= 11 is 0. The molecule has 1 amide bonds. The third kappa shape index (κ3) is 4.64. The second-order valence-corrected chi connectivity index (χ2v) is 4.98. The number of anilines is 1. The van der Waals surface area contributed by atoms with Crippen LogP contribution >= 0.6 is 0 Å². The monoisotopic (exact) mass is 330 g/mol. The smallest absolute Gasteiger partial charge is 0.303 e. The summed E-state index contributed by atoms with van der Waals surface area (Å²) in [5.41, 5.74) is 1.62. The Hall–Kier alpha value is -3.22. The Morgan fingerprint density at radius 3 is 2.08 bits per heavy atom. The van der Waals surface area contributed by atoms with E-state index in [2.05, 4.69) is 10.5 Å². The molecule has 0 aromatic heterocycles. The molecule has 0 heterocycles. The second-order valence-electron chi connectivity index (χ2n) is 4.98. The number of amides is 1. The molecule has 7 heteroatoms. The van der Waals surface area contributed by atoms with Crippen LogP contribution in [0.15, 0.2) is 53.7 Å². The second kappa shape index (κ2) is 7.87. The lowest BCUT2D eigenvalue weighted by atomic mass is 10.1. The first-order valence-electron chi connectivity index (χ1n) is 7.09. The molecule has 0 aliphatic heterocycles. The highest BCUT2D eigenvalue weighted by atomic mass is 19.1. The van der Waals surface area contributed by atoms with Crippen molar-refractivity contribution in [2.45, 2.75) is 12.8 Å². The number of rotatable bonds is 6. The molecule has 6 nitrogen and oxygen atoms in total. The highest BCUT2D eigenvalue weighted by molar-refractivity contribution is 6.05. The molecule has 2 rings (SSSR count). The molecule has 3 N–H and O–H groups in total. The number of carbonyl (C=O) groups excluding carboxylic acids is 1. The van der Waals surface area contributed by atoms with Gasteiger partial charge < -0.3 is 15.6 Å². The van der Waals surface area contributed by atoms with Gasteiger partial charge in [-0.15, -0.1) is 0 Å². The van der Waals surface area contributed by atoms with Gasteiger partial charge in [-0.05, 0) is 42.0 Å². The Bertz CT molecular complexity index is 755. The lowest BCUT2D eigenvalue weighted by Crippen LogP contribution is -2.12. The molecular weight excluding hydrogens is 315 g/mol. The highest BCUT2D eigenvalue weighted by Gasteiger charge is 2.09. The van der Waals surface area contributed by atoms with Crippen molar-refractivity contribution >= 4 is 23.3 Å². The topological polar surface area (TPSA) is 99.0 Å². The first-order chi connectivity index (χ1) is 11.5. The Kier molecular flexibility index (Phi) is 5.62. The van der Waals surface area contributed by atoms with Crippen molar-refractivity contribution < 1.29 is 24.3 Å². The van der Waals surface area contributed by atoms with Crippen LogP contribution in [0.4, 0.5) is 10.1 Å². The summed E-state index contributed by atoms with van der Waals surface area (Å²) in [4.78, 5) is 22.6. The molecule has 0 fully saturated rings. The summed E-state index contributed by atoms with van der Waals surface area (Å²) in [5, 5.41) is 23.4. The Balaban J connectivity index is 2.04. The van der Waals surface area contributed by atoms with E-state index in [0.717, 1.165) is 0 Å². The average Bonchev–Trinajstić information content (AvgIpc) is 2.57. The van der Waals surface area contributed by atoms with Crippen molar-refractivity contribution in [3.8, 4) is 0 Å². The van der Waals surface area contributed by atoms with E-state index in [9.17, 15) is 14.0 Å². The normalized spacial score (nSPS) is 11.1. The third-order valence-corrected chi connectivity index (χ3v) is 3.28. The van der Waals surface area contributed by atoms with E-state index in [1.165, 1.54) is 24.3 Å². The molecule has 0 atom stereocenters. The summed E-state index contributed by atoms with van der Waals surface area (Å²) in [7, 11) is 0. The third-order valence-electron chi connectivity index (χ3n) is 3.28. The van der Waals surface area contributed by atoms with Crippen LogP contribution in [0.1, 0.15) is 28.8 Å². The zero-order chi connectivity index (χ0) is 17.5. The summed E-state index contributed by atoms with van der Waals surface area (Å²) < 4.78 is 12.8. The van der Waals surface area contributed by atoms with E-state index >= 15 is 0 Å². The molecule has 0 aliphatic carbocycles. The van der Waals surface area contributed by atoms with E-state index in [0.29, 0.717) is 16.8 Å². The number of aliphatic carboxylic acids is 1. The minimum atomic E-state index is -0.987. The first kappa shape index (κ1) is 17.1. The van der Waals surface area contributed by atoms with E-state index in [1.807, 2.05) is 0 Å². The van der Waals surface area contributed by atoms with Crippen molar-refractivity contribution in [1.82, 2.24) is 0 Å². The van der Waals surface area contributed by atoms with Crippen molar-refractivity contribution in [2.75, 3.05) is 5.32 Å². The zero-order valence-electron chi connectivity index (χ0n) is 12.6. The van der Waals surface area contributed by atoms with Crippen molar-refractivity contribution in [3.63, 3.8) is 0 Å². The standard InChI is InChI=1S/C17H15FN2O4/c18-13-5-1-12(2-6-13)17(23)19-14-7-3-11(4-8-14)15(20-24)9-10-16(21)22/h1-8,24H,9-10H2,(H,19,23)(H,21,22). The minimum Gasteiger partial charge on any atom is -0.481 e. The SMILES string of the molecule is O=C(O)CCC(=NO)c1ccc(NC(=O)c2ccc(F)cc2)cc1. The van der Waals surface area contributed by atoms with Crippen LogP contribution in [0.25, 0.3) is 0 Å². The summed E-state index contributed by atoms with van der Waals surface area (Å²) in [6.07, 6.45) is -0.0600. The van der Waals surface area contributed by atoms with Gasteiger partial charge in [0, 0.05) is 17.7 Å². The lowest BCUT2D eigenvalue weighted by molar-refractivity contribution is -0.136. The van der Waals surface area contributed by atoms with E-state index in [-0.39, 0.29) is 24.5 Å². The number of hydrogen-bond acceptors (Lipinski definition) is 4. The van der Waals surface area contributed by atoms with Gasteiger partial charge in [-0.2, -0.15) is 0 Å². The van der Waals surface area contributed by atoms with Crippen LogP contribution < -0.4 is 5.32 Å². The molecule has 0 saturated heterocycles. The maximum atomic E-state index is 12.8. The fraction of sp³-hybridized carbons (Fsp3) is 0.118. The fourth-order valence-corrected chi connectivity index (χ4v) is 2.03. The number of carbonyl (C=O) groups is 2. The van der Waals surface area contributed by atoms with Crippen molar-refractivity contribution in [3.05, 3.63) is 65.5 Å². The van der Waals surface area contributed by atoms with Crippen LogP contribution in [0.5, 0.6) is 0 Å². The van der Waals surface area contributed by atoms with Crippen molar-refractivity contribution in [2.24, 2.45) is 5.16 Å². The number of oxime groups is 1. The number of nitrogens with zero attached hydrogens (tertiary/aromatic N) is 1. The molecule has 0 radical (unpaired) electrons. The van der Waals surface area contributed by atoms with E-state index in [4.69, 9.17) is 10.3 Å². The summed E-state index contributed by atoms with van der Waals surface area (Å²) in [5.74, 6) is -1.79. The molecular formula is C17H15FN2O4. The van der Waals surface area contributed by atoms with Gasteiger partial charge in [0.2, 0.25) is 0 Å². The van der Waals surface area contributed by atoms with Gasteiger partial charge in [0.1, 0.15) is 5.82 Å². The molecule has 0 bridgehead atoms. The van der Waals surface area contributed by atoms with Gasteiger partial charge in [0.25, 0.3) is 5.91 Å². The van der Waals surface area contributed by atoms with Crippen LogP contribution in [0.3, 0.4) is 0 Å². The molecule has 0 spiro atoms. The number of nitrogens with one attached hydrogen (secondary N) is 1.